The summed E-state index contributed by atoms with van der Waals surface area (Å²) in [5.74, 6) is 1.91. The number of benzene rings is 6. The molecule has 0 fully saturated rings. The molecule has 0 atom stereocenters. The Balaban J connectivity index is 1.22. The van der Waals surface area contributed by atoms with Crippen molar-refractivity contribution in [2.24, 2.45) is 0 Å². The molecule has 2 aromatic heterocycles. The first-order valence-electron chi connectivity index (χ1n) is 15.9. The number of para-hydroxylation sites is 3. The summed E-state index contributed by atoms with van der Waals surface area (Å²) >= 11 is 1.87. The molecule has 222 valence electrons. The molecule has 0 saturated heterocycles. The van der Waals surface area contributed by atoms with Crippen molar-refractivity contribution in [2.75, 3.05) is 0 Å². The fraction of sp³-hybridized carbons (Fsp3) is 0.116. The van der Waals surface area contributed by atoms with E-state index in [-0.39, 0.29) is 5.41 Å². The molecule has 1 aliphatic heterocycles. The monoisotopic (exact) mass is 611 g/mol. The summed E-state index contributed by atoms with van der Waals surface area (Å²) in [6, 6.07) is 46.3. The first-order valence-corrected chi connectivity index (χ1v) is 16.8. The van der Waals surface area contributed by atoms with Gasteiger partial charge in [0.1, 0.15) is 16.3 Å². The van der Waals surface area contributed by atoms with Crippen LogP contribution in [0.3, 0.4) is 0 Å². The number of thiophene rings is 1. The number of ether oxygens (including phenoxy) is 1. The normalized spacial score (nSPS) is 13.6. The summed E-state index contributed by atoms with van der Waals surface area (Å²) in [7, 11) is 0. The first kappa shape index (κ1) is 27.2. The summed E-state index contributed by atoms with van der Waals surface area (Å²) in [6.45, 7) is 9.09. The number of hydrogen-bond donors (Lipinski definition) is 0. The molecule has 0 N–H and O–H groups in total. The number of rotatable bonds is 3. The fourth-order valence-electron chi connectivity index (χ4n) is 7.75. The van der Waals surface area contributed by atoms with Crippen LogP contribution >= 0.6 is 11.3 Å². The molecule has 0 bridgehead atoms. The lowest BCUT2D eigenvalue weighted by Crippen LogP contribution is -2.24. The summed E-state index contributed by atoms with van der Waals surface area (Å²) in [5, 5.41) is 3.97. The molecule has 0 aliphatic carbocycles. The van der Waals surface area contributed by atoms with Gasteiger partial charge in [0, 0.05) is 48.7 Å². The Kier molecular flexibility index (Phi) is 5.88. The number of fused-ring (bicyclic) bond motifs is 7. The van der Waals surface area contributed by atoms with E-state index in [1.807, 2.05) is 11.3 Å². The Hall–Kier alpha value is -5.12. The Morgan fingerprint density at radius 3 is 2.28 bits per heavy atom. The van der Waals surface area contributed by atoms with E-state index in [2.05, 4.69) is 160 Å². The van der Waals surface area contributed by atoms with Crippen LogP contribution in [0.1, 0.15) is 36.1 Å². The maximum Gasteiger partial charge on any atom is 0.139 e. The minimum atomic E-state index is -0.161. The second kappa shape index (κ2) is 9.94. The van der Waals surface area contributed by atoms with Gasteiger partial charge in [-0.3, -0.25) is 0 Å². The van der Waals surface area contributed by atoms with Gasteiger partial charge in [-0.05, 0) is 72.0 Å². The molecule has 1 aliphatic rings. The number of aromatic nitrogens is 1. The minimum Gasteiger partial charge on any atom is -0.456 e. The Morgan fingerprint density at radius 1 is 0.652 bits per heavy atom. The lowest BCUT2D eigenvalue weighted by atomic mass is 9.74. The molecule has 8 aromatic rings. The zero-order valence-corrected chi connectivity index (χ0v) is 27.2. The molecule has 0 spiro atoms. The van der Waals surface area contributed by atoms with Gasteiger partial charge < -0.3 is 9.30 Å². The SMILES string of the molecule is Cc1ccc(-c2cccc(-n3c4ccccc4c4c5ccccc5sc43)c2)c(C)c1-c1cccc2c1Oc1ccccc1C2(C)C. The molecule has 9 rings (SSSR count). The van der Waals surface area contributed by atoms with E-state index < -0.39 is 0 Å². The average Bonchev–Trinajstić information content (AvgIpc) is 3.60. The molecule has 3 heterocycles. The maximum absolute atomic E-state index is 6.73. The van der Waals surface area contributed by atoms with Gasteiger partial charge in [0.15, 0.2) is 0 Å². The predicted octanol–water partition coefficient (Wildman–Crippen LogP) is 12.4. The van der Waals surface area contributed by atoms with Crippen molar-refractivity contribution in [1.82, 2.24) is 4.57 Å². The van der Waals surface area contributed by atoms with E-state index in [9.17, 15) is 0 Å². The van der Waals surface area contributed by atoms with E-state index >= 15 is 0 Å². The van der Waals surface area contributed by atoms with E-state index in [1.54, 1.807) is 0 Å². The standard InChI is InChI=1S/C43H33NOS/c1-26-23-24-30(27(2)39(26)33-17-12-19-35-41(33)45-37-21-9-7-18-34(37)43(35,3)4)28-13-11-14-29(25-28)44-36-20-8-5-15-31(36)40-32-16-6-10-22-38(32)46-42(40)44/h5-25H,1-4H3. The molecule has 3 heteroatoms. The average molecular weight is 612 g/mol. The van der Waals surface area contributed by atoms with Crippen molar-refractivity contribution in [3.05, 3.63) is 150 Å². The summed E-state index contributed by atoms with van der Waals surface area (Å²) in [5.41, 5.74) is 12.0. The van der Waals surface area contributed by atoms with Gasteiger partial charge in [-0.25, -0.2) is 0 Å². The van der Waals surface area contributed by atoms with Crippen LogP contribution in [0.2, 0.25) is 0 Å². The van der Waals surface area contributed by atoms with Crippen LogP contribution in [-0.2, 0) is 5.41 Å². The van der Waals surface area contributed by atoms with Crippen LogP contribution in [0.5, 0.6) is 11.5 Å². The van der Waals surface area contributed by atoms with Crippen LogP contribution in [0, 0.1) is 13.8 Å². The lowest BCUT2D eigenvalue weighted by molar-refractivity contribution is 0.419. The Labute approximate surface area is 273 Å². The number of aryl methyl sites for hydroxylation is 1. The second-order valence-corrected chi connectivity index (χ2v) is 14.0. The fourth-order valence-corrected chi connectivity index (χ4v) is 9.00. The zero-order valence-electron chi connectivity index (χ0n) is 26.4. The zero-order chi connectivity index (χ0) is 31.2. The lowest BCUT2D eigenvalue weighted by Gasteiger charge is -2.35. The predicted molar refractivity (Wildman–Crippen MR) is 195 cm³/mol. The third-order valence-electron chi connectivity index (χ3n) is 10.0. The van der Waals surface area contributed by atoms with Gasteiger partial charge >= 0.3 is 0 Å². The van der Waals surface area contributed by atoms with Crippen LogP contribution in [-0.4, -0.2) is 4.57 Å². The quantitative estimate of drug-likeness (QED) is 0.194. The van der Waals surface area contributed by atoms with Crippen LogP contribution in [0.25, 0.3) is 59.1 Å². The van der Waals surface area contributed by atoms with Crippen molar-refractivity contribution in [3.8, 4) is 39.4 Å². The molecule has 2 nitrogen and oxygen atoms in total. The van der Waals surface area contributed by atoms with Gasteiger partial charge in [0.25, 0.3) is 0 Å². The van der Waals surface area contributed by atoms with Gasteiger partial charge in [-0.15, -0.1) is 11.3 Å². The molecule has 0 amide bonds. The topological polar surface area (TPSA) is 14.2 Å². The van der Waals surface area contributed by atoms with Crippen molar-refractivity contribution >= 4 is 42.5 Å². The molecule has 0 saturated carbocycles. The first-order chi connectivity index (χ1) is 22.4. The van der Waals surface area contributed by atoms with Crippen molar-refractivity contribution in [1.29, 1.82) is 0 Å². The number of nitrogens with zero attached hydrogens (tertiary/aromatic N) is 1. The molecule has 6 aromatic carbocycles. The van der Waals surface area contributed by atoms with Gasteiger partial charge in [0.2, 0.25) is 0 Å². The highest BCUT2D eigenvalue weighted by Gasteiger charge is 2.35. The minimum absolute atomic E-state index is 0.161. The van der Waals surface area contributed by atoms with Crippen LogP contribution in [0.4, 0.5) is 0 Å². The van der Waals surface area contributed by atoms with Crippen LogP contribution < -0.4 is 4.74 Å². The maximum atomic E-state index is 6.73. The summed E-state index contributed by atoms with van der Waals surface area (Å²) in [4.78, 5) is 1.29. The van der Waals surface area contributed by atoms with Crippen molar-refractivity contribution in [3.63, 3.8) is 0 Å². The highest BCUT2D eigenvalue weighted by atomic mass is 32.1. The molecule has 46 heavy (non-hydrogen) atoms. The Morgan fingerprint density at radius 2 is 1.39 bits per heavy atom. The largest absolute Gasteiger partial charge is 0.456 e. The van der Waals surface area contributed by atoms with Gasteiger partial charge in [-0.1, -0.05) is 111 Å². The highest BCUT2D eigenvalue weighted by Crippen LogP contribution is 2.52. The van der Waals surface area contributed by atoms with Gasteiger partial charge in [0.05, 0.1) is 5.52 Å². The second-order valence-electron chi connectivity index (χ2n) is 13.0. The van der Waals surface area contributed by atoms with Gasteiger partial charge in [-0.2, -0.15) is 0 Å². The molecular weight excluding hydrogens is 579 g/mol. The highest BCUT2D eigenvalue weighted by molar-refractivity contribution is 7.25. The summed E-state index contributed by atoms with van der Waals surface area (Å²) < 4.78 is 10.5. The molecule has 0 unspecified atom stereocenters. The Bertz CT molecular complexity index is 2510. The third-order valence-corrected chi connectivity index (χ3v) is 11.2. The van der Waals surface area contributed by atoms with E-state index in [0.717, 1.165) is 17.1 Å². The third kappa shape index (κ3) is 3.82. The van der Waals surface area contributed by atoms with Crippen LogP contribution in [0.15, 0.2) is 127 Å². The van der Waals surface area contributed by atoms with E-state index in [0.29, 0.717) is 0 Å². The molecule has 0 radical (unpaired) electrons. The van der Waals surface area contributed by atoms with Crippen molar-refractivity contribution in [2.45, 2.75) is 33.1 Å². The smallest absolute Gasteiger partial charge is 0.139 e. The van der Waals surface area contributed by atoms with E-state index in [4.69, 9.17) is 4.74 Å². The van der Waals surface area contributed by atoms with E-state index in [1.165, 1.54) is 75.8 Å². The van der Waals surface area contributed by atoms with Crippen molar-refractivity contribution < 1.29 is 4.74 Å². The number of hydrogen-bond acceptors (Lipinski definition) is 2. The molecular formula is C43H33NOS. The summed E-state index contributed by atoms with van der Waals surface area (Å²) in [6.07, 6.45) is 0.